The molecule has 0 bridgehead atoms. The molecule has 148 valence electrons. The van der Waals surface area contributed by atoms with Gasteiger partial charge in [-0.25, -0.2) is 8.78 Å². The molecular formula is C20H20F2N2O4. The molecule has 2 N–H and O–H groups in total. The molecule has 1 aliphatic heterocycles. The highest BCUT2D eigenvalue weighted by molar-refractivity contribution is 5.97. The van der Waals surface area contributed by atoms with Gasteiger partial charge in [0.25, 0.3) is 5.91 Å². The molecule has 1 aliphatic rings. The third-order valence-corrected chi connectivity index (χ3v) is 4.32. The van der Waals surface area contributed by atoms with Crippen LogP contribution in [0.1, 0.15) is 29.8 Å². The average molecular weight is 390 g/mol. The first kappa shape index (κ1) is 19.6. The number of hydrogen-bond donors (Lipinski definition) is 2. The lowest BCUT2D eigenvalue weighted by molar-refractivity contribution is -0.124. The van der Waals surface area contributed by atoms with Gasteiger partial charge >= 0.3 is 0 Å². The summed E-state index contributed by atoms with van der Waals surface area (Å²) in [6.07, 6.45) is 0. The van der Waals surface area contributed by atoms with Gasteiger partial charge in [-0.15, -0.1) is 0 Å². The van der Waals surface area contributed by atoms with Crippen LogP contribution in [0.5, 0.6) is 11.5 Å². The fraction of sp³-hybridized carbons (Fsp3) is 0.300. The summed E-state index contributed by atoms with van der Waals surface area (Å²) in [5, 5.41) is 5.34. The van der Waals surface area contributed by atoms with E-state index in [0.29, 0.717) is 11.5 Å². The molecule has 0 aliphatic carbocycles. The van der Waals surface area contributed by atoms with Gasteiger partial charge in [0, 0.05) is 12.1 Å². The summed E-state index contributed by atoms with van der Waals surface area (Å²) in [4.78, 5) is 24.9. The second kappa shape index (κ2) is 8.24. The van der Waals surface area contributed by atoms with Crippen molar-refractivity contribution in [1.29, 1.82) is 0 Å². The van der Waals surface area contributed by atoms with Crippen LogP contribution in [0.4, 0.5) is 8.78 Å². The Labute approximate surface area is 160 Å². The minimum atomic E-state index is -1.12. The summed E-state index contributed by atoms with van der Waals surface area (Å²) >= 11 is 0. The van der Waals surface area contributed by atoms with Gasteiger partial charge in [-0.2, -0.15) is 0 Å². The van der Waals surface area contributed by atoms with E-state index >= 15 is 0 Å². The number of carbonyl (C=O) groups excluding carboxylic acids is 2. The molecule has 0 saturated heterocycles. The maximum Gasteiger partial charge on any atom is 0.252 e. The average Bonchev–Trinajstić information content (AvgIpc) is 3.13. The zero-order valence-corrected chi connectivity index (χ0v) is 15.4. The van der Waals surface area contributed by atoms with Gasteiger partial charge < -0.3 is 20.1 Å². The van der Waals surface area contributed by atoms with E-state index in [1.54, 1.807) is 32.0 Å². The minimum absolute atomic E-state index is 0.0619. The Morgan fingerprint density at radius 3 is 2.50 bits per heavy atom. The molecule has 2 amide bonds. The number of carbonyl (C=O) groups is 2. The van der Waals surface area contributed by atoms with Gasteiger partial charge in [0.15, 0.2) is 23.1 Å². The highest BCUT2D eigenvalue weighted by Crippen LogP contribution is 2.32. The van der Waals surface area contributed by atoms with Crippen LogP contribution in [0.2, 0.25) is 0 Å². The van der Waals surface area contributed by atoms with Crippen molar-refractivity contribution in [3.05, 3.63) is 59.2 Å². The molecule has 2 aromatic carbocycles. The zero-order chi connectivity index (χ0) is 20.3. The molecule has 1 atom stereocenters. The number of nitrogens with one attached hydrogen (secondary N) is 2. The lowest BCUT2D eigenvalue weighted by Crippen LogP contribution is -2.49. The number of hydrogen-bond acceptors (Lipinski definition) is 4. The molecule has 6 nitrogen and oxygen atoms in total. The van der Waals surface area contributed by atoms with E-state index in [1.807, 2.05) is 0 Å². The third kappa shape index (κ3) is 4.39. The molecule has 0 saturated carbocycles. The largest absolute Gasteiger partial charge is 0.454 e. The van der Waals surface area contributed by atoms with Crippen molar-refractivity contribution in [2.45, 2.75) is 26.4 Å². The minimum Gasteiger partial charge on any atom is -0.454 e. The summed E-state index contributed by atoms with van der Waals surface area (Å²) in [5.41, 5.74) is 0.750. The predicted octanol–water partition coefficient (Wildman–Crippen LogP) is 2.76. The molecule has 3 rings (SSSR count). The number of benzene rings is 2. The van der Waals surface area contributed by atoms with Crippen molar-refractivity contribution in [3.63, 3.8) is 0 Å². The lowest BCUT2D eigenvalue weighted by Gasteiger charge is -2.22. The maximum absolute atomic E-state index is 13.3. The summed E-state index contributed by atoms with van der Waals surface area (Å²) in [6, 6.07) is 7.32. The van der Waals surface area contributed by atoms with E-state index in [2.05, 4.69) is 10.6 Å². The van der Waals surface area contributed by atoms with Crippen LogP contribution < -0.4 is 20.1 Å². The molecule has 0 unspecified atom stereocenters. The van der Waals surface area contributed by atoms with Crippen molar-refractivity contribution in [3.8, 4) is 11.5 Å². The fourth-order valence-electron chi connectivity index (χ4n) is 2.75. The van der Waals surface area contributed by atoms with Gasteiger partial charge in [0.05, 0.1) is 0 Å². The van der Waals surface area contributed by atoms with E-state index in [4.69, 9.17) is 9.47 Å². The number of rotatable bonds is 6. The van der Waals surface area contributed by atoms with Crippen LogP contribution in [0.15, 0.2) is 36.4 Å². The summed E-state index contributed by atoms with van der Waals surface area (Å²) in [5.74, 6) is -2.17. The molecule has 2 aromatic rings. The van der Waals surface area contributed by atoms with Crippen molar-refractivity contribution >= 4 is 11.8 Å². The van der Waals surface area contributed by atoms with Crippen LogP contribution >= 0.6 is 0 Å². The molecule has 0 fully saturated rings. The molecule has 0 spiro atoms. The zero-order valence-electron chi connectivity index (χ0n) is 15.4. The third-order valence-electron chi connectivity index (χ3n) is 4.32. The van der Waals surface area contributed by atoms with Crippen LogP contribution in [-0.2, 0) is 11.3 Å². The Hall–Kier alpha value is -3.16. The van der Waals surface area contributed by atoms with Crippen molar-refractivity contribution in [2.24, 2.45) is 5.92 Å². The molecular weight excluding hydrogens is 370 g/mol. The quantitative estimate of drug-likeness (QED) is 0.795. The summed E-state index contributed by atoms with van der Waals surface area (Å²) in [6.45, 7) is 3.95. The van der Waals surface area contributed by atoms with Crippen LogP contribution in [0.25, 0.3) is 0 Å². The topological polar surface area (TPSA) is 76.7 Å². The predicted molar refractivity (Wildman–Crippen MR) is 96.9 cm³/mol. The molecule has 28 heavy (non-hydrogen) atoms. The molecule has 0 aromatic heterocycles. The van der Waals surface area contributed by atoms with Crippen molar-refractivity contribution in [1.82, 2.24) is 10.6 Å². The SMILES string of the molecule is CC(C)[C@H](NC(=O)c1ccc(F)c(F)c1)C(=O)NCc1ccc2c(c1)OCO2. The normalized spacial score (nSPS) is 13.3. The number of halogens is 2. The van der Waals surface area contributed by atoms with Crippen LogP contribution in [0.3, 0.4) is 0 Å². The summed E-state index contributed by atoms with van der Waals surface area (Å²) < 4.78 is 36.9. The maximum atomic E-state index is 13.3. The van der Waals surface area contributed by atoms with Gasteiger partial charge in [-0.3, -0.25) is 9.59 Å². The second-order valence-electron chi connectivity index (χ2n) is 6.73. The van der Waals surface area contributed by atoms with E-state index in [1.165, 1.54) is 0 Å². The standard InChI is InChI=1S/C20H20F2N2O4/c1-11(2)18(24-19(25)13-4-5-14(21)15(22)8-13)20(26)23-9-12-3-6-16-17(7-12)28-10-27-16/h3-8,11,18H,9-10H2,1-2H3,(H,23,26)(H,24,25)/t18-/m0/s1. The smallest absolute Gasteiger partial charge is 0.252 e. The molecule has 0 radical (unpaired) electrons. The molecule has 8 heteroatoms. The number of amides is 2. The van der Waals surface area contributed by atoms with Crippen LogP contribution in [-0.4, -0.2) is 24.6 Å². The second-order valence-corrected chi connectivity index (χ2v) is 6.73. The Bertz CT molecular complexity index is 902. The fourth-order valence-corrected chi connectivity index (χ4v) is 2.75. The Morgan fingerprint density at radius 2 is 1.79 bits per heavy atom. The van der Waals surface area contributed by atoms with Crippen molar-refractivity contribution < 1.29 is 27.8 Å². The van der Waals surface area contributed by atoms with Gasteiger partial charge in [0.1, 0.15) is 6.04 Å². The summed E-state index contributed by atoms with van der Waals surface area (Å²) in [7, 11) is 0. The van der Waals surface area contributed by atoms with Gasteiger partial charge in [-0.05, 0) is 41.8 Å². The number of ether oxygens (including phenoxy) is 2. The highest BCUT2D eigenvalue weighted by Gasteiger charge is 2.25. The van der Waals surface area contributed by atoms with Gasteiger partial charge in [0.2, 0.25) is 12.7 Å². The van der Waals surface area contributed by atoms with E-state index < -0.39 is 23.6 Å². The van der Waals surface area contributed by atoms with Crippen LogP contribution in [0, 0.1) is 17.6 Å². The first-order valence-corrected chi connectivity index (χ1v) is 8.77. The monoisotopic (exact) mass is 390 g/mol. The Balaban J connectivity index is 1.63. The first-order valence-electron chi connectivity index (χ1n) is 8.77. The highest BCUT2D eigenvalue weighted by atomic mass is 19.2. The van der Waals surface area contributed by atoms with E-state index in [0.717, 1.165) is 23.8 Å². The lowest BCUT2D eigenvalue weighted by atomic mass is 10.0. The van der Waals surface area contributed by atoms with Gasteiger partial charge in [-0.1, -0.05) is 19.9 Å². The van der Waals surface area contributed by atoms with E-state index in [9.17, 15) is 18.4 Å². The number of fused-ring (bicyclic) bond motifs is 1. The Kier molecular flexibility index (Phi) is 5.77. The van der Waals surface area contributed by atoms with Crippen molar-refractivity contribution in [2.75, 3.05) is 6.79 Å². The Morgan fingerprint density at radius 1 is 1.04 bits per heavy atom. The first-order chi connectivity index (χ1) is 13.3. The molecule has 1 heterocycles. The van der Waals surface area contributed by atoms with E-state index in [-0.39, 0.29) is 30.7 Å².